The quantitative estimate of drug-likeness (QED) is 0.237. The fourth-order valence-corrected chi connectivity index (χ4v) is 4.67. The van der Waals surface area contributed by atoms with Crippen LogP contribution in [-0.4, -0.2) is 30.2 Å². The highest BCUT2D eigenvalue weighted by Gasteiger charge is 2.30. The lowest BCUT2D eigenvalue weighted by molar-refractivity contribution is 0.0394. The lowest BCUT2D eigenvalue weighted by Gasteiger charge is -2.18. The van der Waals surface area contributed by atoms with Gasteiger partial charge in [-0.2, -0.15) is 0 Å². The minimum atomic E-state index is -0.647. The van der Waals surface area contributed by atoms with E-state index in [9.17, 15) is 14.4 Å². The molecule has 0 radical (unpaired) electrons. The Labute approximate surface area is 227 Å². The van der Waals surface area contributed by atoms with Crippen molar-refractivity contribution in [1.82, 2.24) is 0 Å². The number of fused-ring (bicyclic) bond motifs is 2. The third-order valence-electron chi connectivity index (χ3n) is 6.60. The molecular weight excluding hydrogens is 488 g/mol. The number of ketones is 2. The molecule has 39 heavy (non-hydrogen) atoms. The smallest absolute Gasteiger partial charge is 0.339 e. The van der Waals surface area contributed by atoms with E-state index in [0.717, 1.165) is 11.1 Å². The topological polar surface area (TPSA) is 69.7 Å². The fourth-order valence-electron chi connectivity index (χ4n) is 4.67. The largest absolute Gasteiger partial charge is 0.446 e. The second kappa shape index (κ2) is 11.8. The van der Waals surface area contributed by atoms with Crippen molar-refractivity contribution in [3.63, 3.8) is 0 Å². The van der Waals surface area contributed by atoms with Crippen molar-refractivity contribution >= 4 is 17.5 Å². The van der Waals surface area contributed by atoms with E-state index in [1.807, 2.05) is 37.3 Å². The highest BCUT2D eigenvalue weighted by molar-refractivity contribution is 6.28. The Balaban J connectivity index is 1.37. The Bertz CT molecular complexity index is 1590. The summed E-state index contributed by atoms with van der Waals surface area (Å²) in [6.07, 6.45) is 2.60. The highest BCUT2D eigenvalue weighted by Crippen LogP contribution is 2.29. The number of rotatable bonds is 6. The fraction of sp³-hybridized carbons (Fsp3) is 0.206. The molecule has 3 aromatic carbocycles. The molecule has 5 heteroatoms. The summed E-state index contributed by atoms with van der Waals surface area (Å²) in [5.74, 6) is 11.4. The van der Waals surface area contributed by atoms with Crippen LogP contribution in [0.5, 0.6) is 0 Å². The summed E-state index contributed by atoms with van der Waals surface area (Å²) >= 11 is 0. The Kier molecular flexibility index (Phi) is 7.83. The van der Waals surface area contributed by atoms with Crippen LogP contribution in [0.15, 0.2) is 84.4 Å². The van der Waals surface area contributed by atoms with Crippen molar-refractivity contribution < 1.29 is 23.9 Å². The van der Waals surface area contributed by atoms with Gasteiger partial charge in [-0.05, 0) is 43.5 Å². The van der Waals surface area contributed by atoms with Crippen LogP contribution in [0.2, 0.25) is 0 Å². The van der Waals surface area contributed by atoms with E-state index in [1.165, 1.54) is 18.2 Å². The zero-order chi connectivity index (χ0) is 27.2. The second-order valence-corrected chi connectivity index (χ2v) is 9.19. The molecule has 5 rings (SSSR count). The summed E-state index contributed by atoms with van der Waals surface area (Å²) < 4.78 is 11.7. The summed E-state index contributed by atoms with van der Waals surface area (Å²) in [6.45, 7) is 2.46. The Morgan fingerprint density at radius 3 is 2.36 bits per heavy atom. The number of hydrogen-bond acceptors (Lipinski definition) is 5. The number of carbonyl (C=O) groups is 3. The van der Waals surface area contributed by atoms with Crippen molar-refractivity contribution in [2.75, 3.05) is 6.61 Å². The van der Waals surface area contributed by atoms with Gasteiger partial charge in [0.2, 0.25) is 0 Å². The summed E-state index contributed by atoms with van der Waals surface area (Å²) in [6, 6.07) is 21.0. The molecule has 5 nitrogen and oxygen atoms in total. The highest BCUT2D eigenvalue weighted by atomic mass is 16.5. The SMILES string of the molecule is CCOC(/C1=C/C#CC(OC(=O)c2ccc3c(c2)C(=O)c2ccccc2C3=O)CCCC#C1)c1ccccc1. The standard InChI is InChI=1S/C34H26O5/c1-2-38-33(23-12-5-3-6-13-23)24-14-7-4-8-16-26(17-11-15-24)39-34(37)25-20-21-29-30(22-25)32(36)28-19-10-9-18-27(28)31(29)35/h3,5-6,9-10,12-13,15,18-22,26,33H,2,4,8,16H2,1H3/b24-15+. The average molecular weight is 515 g/mol. The van der Waals surface area contributed by atoms with E-state index in [1.54, 1.807) is 30.3 Å². The van der Waals surface area contributed by atoms with Crippen LogP contribution in [0.1, 0.15) is 80.1 Å². The zero-order valence-corrected chi connectivity index (χ0v) is 21.5. The third-order valence-corrected chi connectivity index (χ3v) is 6.60. The molecule has 2 aliphatic rings. The maximum atomic E-state index is 13.1. The summed E-state index contributed by atoms with van der Waals surface area (Å²) in [5.41, 5.74) is 3.14. The number of ether oxygens (including phenoxy) is 2. The van der Waals surface area contributed by atoms with Gasteiger partial charge in [0.15, 0.2) is 17.7 Å². The minimum absolute atomic E-state index is 0.199. The molecule has 3 aromatic rings. The monoisotopic (exact) mass is 514 g/mol. The van der Waals surface area contributed by atoms with E-state index >= 15 is 0 Å². The summed E-state index contributed by atoms with van der Waals surface area (Å²) in [4.78, 5) is 39.0. The molecule has 2 atom stereocenters. The molecule has 0 heterocycles. The molecule has 0 bridgehead atoms. The van der Waals surface area contributed by atoms with Crippen molar-refractivity contribution in [3.8, 4) is 23.7 Å². The van der Waals surface area contributed by atoms with Gasteiger partial charge in [-0.25, -0.2) is 4.79 Å². The average Bonchev–Trinajstić information content (AvgIpc) is 2.98. The molecule has 2 unspecified atom stereocenters. The van der Waals surface area contributed by atoms with E-state index in [2.05, 4.69) is 23.7 Å². The second-order valence-electron chi connectivity index (χ2n) is 9.19. The van der Waals surface area contributed by atoms with Crippen molar-refractivity contribution in [2.45, 2.75) is 38.4 Å². The maximum Gasteiger partial charge on any atom is 0.339 e. The number of allylic oxidation sites excluding steroid dienone is 1. The van der Waals surface area contributed by atoms with Gasteiger partial charge in [-0.1, -0.05) is 78.3 Å². The van der Waals surface area contributed by atoms with Gasteiger partial charge in [-0.3, -0.25) is 9.59 Å². The van der Waals surface area contributed by atoms with Crippen LogP contribution < -0.4 is 0 Å². The third kappa shape index (κ3) is 5.60. The van der Waals surface area contributed by atoms with Crippen LogP contribution in [0.3, 0.4) is 0 Å². The Hall–Kier alpha value is -4.71. The van der Waals surface area contributed by atoms with Gasteiger partial charge in [0.1, 0.15) is 6.10 Å². The molecule has 0 aliphatic heterocycles. The number of hydrogen-bond donors (Lipinski definition) is 0. The molecule has 0 aromatic heterocycles. The van der Waals surface area contributed by atoms with E-state index in [4.69, 9.17) is 9.47 Å². The molecule has 0 N–H and O–H groups in total. The molecule has 192 valence electrons. The van der Waals surface area contributed by atoms with Gasteiger partial charge >= 0.3 is 5.97 Å². The molecule has 0 fully saturated rings. The molecule has 0 spiro atoms. The first-order valence-electron chi connectivity index (χ1n) is 13.0. The first-order chi connectivity index (χ1) is 19.1. The van der Waals surface area contributed by atoms with E-state index < -0.39 is 12.1 Å². The van der Waals surface area contributed by atoms with Crippen LogP contribution in [0, 0.1) is 23.7 Å². The minimum Gasteiger partial charge on any atom is -0.446 e. The molecule has 2 aliphatic carbocycles. The van der Waals surface area contributed by atoms with E-state index in [0.29, 0.717) is 37.0 Å². The van der Waals surface area contributed by atoms with Crippen LogP contribution in [0.4, 0.5) is 0 Å². The van der Waals surface area contributed by atoms with Crippen LogP contribution >= 0.6 is 0 Å². The first kappa shape index (κ1) is 25.9. The normalized spacial score (nSPS) is 18.1. The van der Waals surface area contributed by atoms with Gasteiger partial charge in [0, 0.05) is 46.9 Å². The van der Waals surface area contributed by atoms with Crippen molar-refractivity contribution in [1.29, 1.82) is 0 Å². The molecule has 0 amide bonds. The van der Waals surface area contributed by atoms with Crippen molar-refractivity contribution in [3.05, 3.63) is 118 Å². The maximum absolute atomic E-state index is 13.1. The van der Waals surface area contributed by atoms with Gasteiger partial charge in [0.05, 0.1) is 5.56 Å². The number of benzene rings is 3. The number of esters is 1. The summed E-state index contributed by atoms with van der Waals surface area (Å²) in [5, 5.41) is 0. The predicted molar refractivity (Wildman–Crippen MR) is 147 cm³/mol. The van der Waals surface area contributed by atoms with Gasteiger partial charge in [0.25, 0.3) is 0 Å². The Morgan fingerprint density at radius 2 is 1.62 bits per heavy atom. The lowest BCUT2D eigenvalue weighted by Crippen LogP contribution is -2.22. The van der Waals surface area contributed by atoms with Crippen molar-refractivity contribution in [2.24, 2.45) is 0 Å². The van der Waals surface area contributed by atoms with E-state index in [-0.39, 0.29) is 34.4 Å². The van der Waals surface area contributed by atoms with Crippen LogP contribution in [0.25, 0.3) is 0 Å². The molecular formula is C34H26O5. The zero-order valence-electron chi connectivity index (χ0n) is 21.5. The van der Waals surface area contributed by atoms with Gasteiger partial charge in [-0.15, -0.1) is 0 Å². The summed E-state index contributed by atoms with van der Waals surface area (Å²) in [7, 11) is 0. The van der Waals surface area contributed by atoms with Crippen LogP contribution in [-0.2, 0) is 9.47 Å². The number of carbonyl (C=O) groups excluding carboxylic acids is 3. The van der Waals surface area contributed by atoms with Gasteiger partial charge < -0.3 is 9.47 Å². The lowest BCUT2D eigenvalue weighted by atomic mass is 9.83. The Morgan fingerprint density at radius 1 is 0.923 bits per heavy atom. The predicted octanol–water partition coefficient (Wildman–Crippen LogP) is 5.88. The molecule has 0 saturated heterocycles. The first-order valence-corrected chi connectivity index (χ1v) is 13.0. The molecule has 0 saturated carbocycles.